The van der Waals surface area contributed by atoms with E-state index in [0.717, 1.165) is 0 Å². The number of hydrogen-bond acceptors (Lipinski definition) is 3. The number of rotatable bonds is 3. The molecular weight excluding hydrogens is 275 g/mol. The Morgan fingerprint density at radius 1 is 1.05 bits per heavy atom. The lowest BCUT2D eigenvalue weighted by atomic mass is 10.1. The van der Waals surface area contributed by atoms with Gasteiger partial charge in [-0.05, 0) is 48.2 Å². The van der Waals surface area contributed by atoms with Crippen molar-refractivity contribution in [1.82, 2.24) is 4.98 Å². The van der Waals surface area contributed by atoms with Gasteiger partial charge in [0.05, 0.1) is 0 Å². The van der Waals surface area contributed by atoms with E-state index in [9.17, 15) is 18.0 Å². The molecular formula is C13H8F3NOS. The number of thioether (sulfide) groups is 1. The highest BCUT2D eigenvalue weighted by Crippen LogP contribution is 2.36. The van der Waals surface area contributed by atoms with Crippen LogP contribution in [0.25, 0.3) is 0 Å². The third-order valence-electron chi connectivity index (χ3n) is 2.25. The monoisotopic (exact) mass is 283 g/mol. The Morgan fingerprint density at radius 3 is 2.26 bits per heavy atom. The molecule has 0 radical (unpaired) electrons. The van der Waals surface area contributed by atoms with Gasteiger partial charge in [-0.25, -0.2) is 0 Å². The molecule has 0 aliphatic heterocycles. The van der Waals surface area contributed by atoms with Crippen molar-refractivity contribution in [2.75, 3.05) is 0 Å². The van der Waals surface area contributed by atoms with Gasteiger partial charge in [0.2, 0.25) is 5.78 Å². The minimum atomic E-state index is -4.33. The summed E-state index contributed by atoms with van der Waals surface area (Å²) in [4.78, 5) is 15.9. The van der Waals surface area contributed by atoms with E-state index in [1.165, 1.54) is 30.5 Å². The lowest BCUT2D eigenvalue weighted by Crippen LogP contribution is -2.03. The summed E-state index contributed by atoms with van der Waals surface area (Å²) in [6.07, 6.45) is 1.49. The van der Waals surface area contributed by atoms with Crippen molar-refractivity contribution in [3.8, 4) is 0 Å². The molecule has 0 amide bonds. The molecule has 0 aliphatic rings. The molecule has 0 atom stereocenters. The molecule has 98 valence electrons. The third-order valence-corrected chi connectivity index (χ3v) is 2.99. The van der Waals surface area contributed by atoms with Crippen molar-refractivity contribution in [2.45, 2.75) is 10.4 Å². The maximum Gasteiger partial charge on any atom is 0.446 e. The lowest BCUT2D eigenvalue weighted by Gasteiger charge is -2.06. The largest absolute Gasteiger partial charge is 0.446 e. The second-order valence-electron chi connectivity index (χ2n) is 3.62. The van der Waals surface area contributed by atoms with Gasteiger partial charge in [0.1, 0.15) is 5.69 Å². The molecule has 19 heavy (non-hydrogen) atoms. The molecule has 2 rings (SSSR count). The second-order valence-corrected chi connectivity index (χ2v) is 4.75. The van der Waals surface area contributed by atoms with Crippen LogP contribution in [0.4, 0.5) is 13.2 Å². The topological polar surface area (TPSA) is 30.0 Å². The van der Waals surface area contributed by atoms with Crippen LogP contribution in [0.15, 0.2) is 53.6 Å². The van der Waals surface area contributed by atoms with Crippen LogP contribution < -0.4 is 0 Å². The van der Waals surface area contributed by atoms with Crippen LogP contribution in [-0.4, -0.2) is 16.3 Å². The van der Waals surface area contributed by atoms with Gasteiger partial charge in [0.15, 0.2) is 0 Å². The van der Waals surface area contributed by atoms with Crippen molar-refractivity contribution in [1.29, 1.82) is 0 Å². The number of hydrogen-bond donors (Lipinski definition) is 0. The average Bonchev–Trinajstić information content (AvgIpc) is 2.38. The van der Waals surface area contributed by atoms with Crippen molar-refractivity contribution >= 4 is 17.5 Å². The lowest BCUT2D eigenvalue weighted by molar-refractivity contribution is -0.0328. The van der Waals surface area contributed by atoms with Gasteiger partial charge in [0, 0.05) is 16.7 Å². The zero-order valence-corrected chi connectivity index (χ0v) is 10.3. The summed E-state index contributed by atoms with van der Waals surface area (Å²) >= 11 is -0.210. The van der Waals surface area contributed by atoms with E-state index in [0.29, 0.717) is 5.56 Å². The van der Waals surface area contributed by atoms with Crippen LogP contribution in [0.5, 0.6) is 0 Å². The molecule has 0 saturated carbocycles. The van der Waals surface area contributed by atoms with Gasteiger partial charge in [-0.2, -0.15) is 13.2 Å². The van der Waals surface area contributed by atoms with E-state index in [4.69, 9.17) is 0 Å². The maximum atomic E-state index is 12.2. The van der Waals surface area contributed by atoms with Gasteiger partial charge in [-0.15, -0.1) is 0 Å². The van der Waals surface area contributed by atoms with E-state index < -0.39 is 5.51 Å². The number of carbonyl (C=O) groups excluding carboxylic acids is 1. The fourth-order valence-electron chi connectivity index (χ4n) is 1.45. The summed E-state index contributed by atoms with van der Waals surface area (Å²) in [7, 11) is 0. The molecule has 0 spiro atoms. The Balaban J connectivity index is 2.17. The first-order valence-corrected chi connectivity index (χ1v) is 6.09. The van der Waals surface area contributed by atoms with Crippen LogP contribution >= 0.6 is 11.8 Å². The molecule has 1 aromatic heterocycles. The SMILES string of the molecule is O=C(c1ccc(SC(F)(F)F)cc1)c1ccccn1. The molecule has 0 saturated heterocycles. The summed E-state index contributed by atoms with van der Waals surface area (Å²) < 4.78 is 36.5. The Labute approximate surface area is 111 Å². The first kappa shape index (κ1) is 13.6. The summed E-state index contributed by atoms with van der Waals surface area (Å²) in [5, 5.41) is 0. The molecule has 6 heteroatoms. The number of ketones is 1. The number of pyridine rings is 1. The molecule has 0 fully saturated rings. The number of nitrogens with zero attached hydrogens (tertiary/aromatic N) is 1. The van der Waals surface area contributed by atoms with E-state index in [-0.39, 0.29) is 28.1 Å². The molecule has 0 N–H and O–H groups in total. The molecule has 2 nitrogen and oxygen atoms in total. The number of alkyl halides is 3. The van der Waals surface area contributed by atoms with Gasteiger partial charge >= 0.3 is 5.51 Å². The first-order chi connectivity index (χ1) is 8.96. The highest BCUT2D eigenvalue weighted by Gasteiger charge is 2.29. The summed E-state index contributed by atoms with van der Waals surface area (Å²) in [5.74, 6) is -0.316. The first-order valence-electron chi connectivity index (χ1n) is 5.27. The average molecular weight is 283 g/mol. The standard InChI is InChI=1S/C13H8F3NOS/c14-13(15,16)19-10-6-4-9(5-7-10)12(18)11-3-1-2-8-17-11/h1-8H. The van der Waals surface area contributed by atoms with E-state index in [1.54, 1.807) is 18.2 Å². The molecule has 1 aromatic carbocycles. The predicted molar refractivity (Wildman–Crippen MR) is 66.0 cm³/mol. The van der Waals surface area contributed by atoms with E-state index in [1.807, 2.05) is 0 Å². The number of aromatic nitrogens is 1. The van der Waals surface area contributed by atoms with Gasteiger partial charge in [0.25, 0.3) is 0 Å². The van der Waals surface area contributed by atoms with Crippen molar-refractivity contribution < 1.29 is 18.0 Å². The Bertz CT molecular complexity index is 567. The quantitative estimate of drug-likeness (QED) is 0.631. The van der Waals surface area contributed by atoms with Crippen LogP contribution in [0.1, 0.15) is 16.1 Å². The van der Waals surface area contributed by atoms with E-state index >= 15 is 0 Å². The number of halogens is 3. The van der Waals surface area contributed by atoms with Crippen LogP contribution in [0.2, 0.25) is 0 Å². The third kappa shape index (κ3) is 3.82. The molecule has 0 bridgehead atoms. The van der Waals surface area contributed by atoms with Crippen LogP contribution in [-0.2, 0) is 0 Å². The normalized spacial score (nSPS) is 11.3. The zero-order chi connectivity index (χ0) is 13.9. The zero-order valence-electron chi connectivity index (χ0n) is 9.52. The summed E-state index contributed by atoms with van der Waals surface area (Å²) in [6.45, 7) is 0. The molecule has 1 heterocycles. The second kappa shape index (κ2) is 5.44. The van der Waals surface area contributed by atoms with E-state index in [2.05, 4.69) is 4.98 Å². The Hall–Kier alpha value is -1.82. The van der Waals surface area contributed by atoms with Crippen molar-refractivity contribution in [2.24, 2.45) is 0 Å². The highest BCUT2D eigenvalue weighted by atomic mass is 32.2. The van der Waals surface area contributed by atoms with Gasteiger partial charge < -0.3 is 0 Å². The smallest absolute Gasteiger partial charge is 0.287 e. The number of benzene rings is 1. The predicted octanol–water partition coefficient (Wildman–Crippen LogP) is 3.92. The molecule has 0 aliphatic carbocycles. The Morgan fingerprint density at radius 2 is 1.74 bits per heavy atom. The minimum Gasteiger partial charge on any atom is -0.287 e. The van der Waals surface area contributed by atoms with Crippen LogP contribution in [0, 0.1) is 0 Å². The van der Waals surface area contributed by atoms with Gasteiger partial charge in [-0.3, -0.25) is 9.78 Å². The summed E-state index contributed by atoms with van der Waals surface area (Å²) in [5.41, 5.74) is -3.75. The molecule has 2 aromatic rings. The van der Waals surface area contributed by atoms with Gasteiger partial charge in [-0.1, -0.05) is 6.07 Å². The summed E-state index contributed by atoms with van der Waals surface area (Å²) in [6, 6.07) is 10.2. The fraction of sp³-hybridized carbons (Fsp3) is 0.0769. The fourth-order valence-corrected chi connectivity index (χ4v) is 1.99. The maximum absolute atomic E-state index is 12.2. The van der Waals surface area contributed by atoms with Crippen molar-refractivity contribution in [3.63, 3.8) is 0 Å². The molecule has 0 unspecified atom stereocenters. The van der Waals surface area contributed by atoms with Crippen molar-refractivity contribution in [3.05, 3.63) is 59.9 Å². The van der Waals surface area contributed by atoms with Crippen LogP contribution in [0.3, 0.4) is 0 Å². The highest BCUT2D eigenvalue weighted by molar-refractivity contribution is 8.00. The Kier molecular flexibility index (Phi) is 3.90. The minimum absolute atomic E-state index is 0.0464. The number of carbonyl (C=O) groups is 1.